The number of benzene rings is 2. The van der Waals surface area contributed by atoms with E-state index in [-0.39, 0.29) is 11.9 Å². The Balaban J connectivity index is 2.29. The zero-order chi connectivity index (χ0) is 14.7. The first-order valence-corrected chi connectivity index (χ1v) is 7.31. The molecule has 0 aliphatic rings. The minimum Gasteiger partial charge on any atom is -0.376 e. The predicted octanol–water partition coefficient (Wildman–Crippen LogP) is 6.35. The number of halogens is 4. The molecule has 0 radical (unpaired) electrons. The second-order valence-corrected chi connectivity index (χ2v) is 5.65. The van der Waals surface area contributed by atoms with E-state index < -0.39 is 0 Å². The van der Waals surface area contributed by atoms with Gasteiger partial charge >= 0.3 is 0 Å². The molecule has 0 saturated heterocycles. The lowest BCUT2D eigenvalue weighted by atomic mass is 10.0. The van der Waals surface area contributed by atoms with Gasteiger partial charge in [0, 0.05) is 5.02 Å². The van der Waals surface area contributed by atoms with Gasteiger partial charge in [0.1, 0.15) is 5.82 Å². The van der Waals surface area contributed by atoms with Gasteiger partial charge in [0.25, 0.3) is 0 Å². The third-order valence-corrected chi connectivity index (χ3v) is 3.82. The maximum Gasteiger partial charge on any atom is 0.123 e. The van der Waals surface area contributed by atoms with E-state index >= 15 is 0 Å². The highest BCUT2D eigenvalue weighted by molar-refractivity contribution is 6.41. The lowest BCUT2D eigenvalue weighted by Gasteiger charge is -2.20. The van der Waals surface area contributed by atoms with Crippen LogP contribution in [0.2, 0.25) is 15.1 Å². The van der Waals surface area contributed by atoms with E-state index in [4.69, 9.17) is 34.8 Å². The van der Waals surface area contributed by atoms with Crippen LogP contribution in [0.15, 0.2) is 36.4 Å². The van der Waals surface area contributed by atoms with Crippen molar-refractivity contribution in [2.24, 2.45) is 0 Å². The molecule has 2 aromatic rings. The Morgan fingerprint density at radius 1 is 1.05 bits per heavy atom. The first-order valence-electron chi connectivity index (χ1n) is 6.17. The van der Waals surface area contributed by atoms with Gasteiger partial charge in [0.15, 0.2) is 0 Å². The van der Waals surface area contributed by atoms with Crippen molar-refractivity contribution in [3.05, 3.63) is 62.8 Å². The zero-order valence-corrected chi connectivity index (χ0v) is 13.0. The van der Waals surface area contributed by atoms with Crippen molar-refractivity contribution in [1.29, 1.82) is 0 Å². The molecule has 20 heavy (non-hydrogen) atoms. The monoisotopic (exact) mass is 331 g/mol. The first-order chi connectivity index (χ1) is 9.51. The van der Waals surface area contributed by atoms with Crippen molar-refractivity contribution in [2.45, 2.75) is 19.4 Å². The molecular weight excluding hydrogens is 320 g/mol. The average molecular weight is 333 g/mol. The van der Waals surface area contributed by atoms with Crippen LogP contribution in [0, 0.1) is 5.82 Å². The highest BCUT2D eigenvalue weighted by atomic mass is 35.5. The van der Waals surface area contributed by atoms with Crippen molar-refractivity contribution < 1.29 is 4.39 Å². The predicted molar refractivity (Wildman–Crippen MR) is 84.5 cm³/mol. The van der Waals surface area contributed by atoms with Crippen LogP contribution < -0.4 is 5.32 Å². The Labute approximate surface area is 132 Å². The molecule has 5 heteroatoms. The smallest absolute Gasteiger partial charge is 0.123 e. The SMILES string of the molecule is CCC(Nc1c(Cl)cc(Cl)cc1Cl)c1ccc(F)cc1. The molecule has 1 unspecified atom stereocenters. The van der Waals surface area contributed by atoms with Crippen molar-refractivity contribution in [2.75, 3.05) is 5.32 Å². The maximum absolute atomic E-state index is 13.0. The molecular formula is C15H13Cl3FN. The van der Waals surface area contributed by atoms with Gasteiger partial charge in [-0.1, -0.05) is 53.9 Å². The topological polar surface area (TPSA) is 12.0 Å². The number of rotatable bonds is 4. The van der Waals surface area contributed by atoms with Gasteiger partial charge < -0.3 is 5.32 Å². The molecule has 106 valence electrons. The van der Waals surface area contributed by atoms with E-state index in [9.17, 15) is 4.39 Å². The van der Waals surface area contributed by atoms with Crippen LogP contribution in [-0.4, -0.2) is 0 Å². The molecule has 0 amide bonds. The van der Waals surface area contributed by atoms with Gasteiger partial charge in [-0.05, 0) is 36.2 Å². The fraction of sp³-hybridized carbons (Fsp3) is 0.200. The minimum atomic E-state index is -0.258. The lowest BCUT2D eigenvalue weighted by Crippen LogP contribution is -2.10. The van der Waals surface area contributed by atoms with Gasteiger partial charge in [-0.2, -0.15) is 0 Å². The summed E-state index contributed by atoms with van der Waals surface area (Å²) in [5, 5.41) is 4.69. The molecule has 0 heterocycles. The van der Waals surface area contributed by atoms with Crippen LogP contribution in [0.1, 0.15) is 24.9 Å². The third-order valence-electron chi connectivity index (χ3n) is 3.01. The number of hydrogen-bond donors (Lipinski definition) is 1. The van der Waals surface area contributed by atoms with E-state index in [0.29, 0.717) is 20.8 Å². The van der Waals surface area contributed by atoms with Crippen LogP contribution >= 0.6 is 34.8 Å². The van der Waals surface area contributed by atoms with Crippen molar-refractivity contribution in [1.82, 2.24) is 0 Å². The standard InChI is InChI=1S/C15H13Cl3FN/c1-2-14(9-3-5-11(19)6-4-9)20-15-12(17)7-10(16)8-13(15)18/h3-8,14,20H,2H2,1H3. The Kier molecular flexibility index (Phi) is 5.14. The third kappa shape index (κ3) is 3.57. The second-order valence-electron chi connectivity index (χ2n) is 4.40. The molecule has 0 saturated carbocycles. The summed E-state index contributed by atoms with van der Waals surface area (Å²) in [5.74, 6) is -0.258. The van der Waals surface area contributed by atoms with Crippen LogP contribution in [0.25, 0.3) is 0 Å². The van der Waals surface area contributed by atoms with Crippen molar-refractivity contribution in [3.8, 4) is 0 Å². The molecule has 0 aliphatic carbocycles. The average Bonchev–Trinajstić information content (AvgIpc) is 2.39. The maximum atomic E-state index is 13.0. The van der Waals surface area contributed by atoms with Gasteiger partial charge in [0.05, 0.1) is 21.8 Å². The summed E-state index contributed by atoms with van der Waals surface area (Å²) in [6.45, 7) is 2.03. The highest BCUT2D eigenvalue weighted by Crippen LogP contribution is 2.36. The van der Waals surface area contributed by atoms with Gasteiger partial charge in [-0.3, -0.25) is 0 Å². The zero-order valence-electron chi connectivity index (χ0n) is 10.8. The van der Waals surface area contributed by atoms with Gasteiger partial charge in [0.2, 0.25) is 0 Å². The van der Waals surface area contributed by atoms with E-state index in [1.165, 1.54) is 12.1 Å². The molecule has 0 aliphatic heterocycles. The van der Waals surface area contributed by atoms with E-state index in [1.807, 2.05) is 6.92 Å². The summed E-state index contributed by atoms with van der Waals surface area (Å²) in [6, 6.07) is 9.62. The fourth-order valence-corrected chi connectivity index (χ4v) is 2.90. The Morgan fingerprint density at radius 2 is 1.60 bits per heavy atom. The summed E-state index contributed by atoms with van der Waals surface area (Å²) in [4.78, 5) is 0. The summed E-state index contributed by atoms with van der Waals surface area (Å²) in [7, 11) is 0. The summed E-state index contributed by atoms with van der Waals surface area (Å²) >= 11 is 18.2. The van der Waals surface area contributed by atoms with Crippen molar-refractivity contribution in [3.63, 3.8) is 0 Å². The molecule has 1 nitrogen and oxygen atoms in total. The minimum absolute atomic E-state index is 0.00762. The fourth-order valence-electron chi connectivity index (χ4n) is 1.97. The quantitative estimate of drug-likeness (QED) is 0.688. The Bertz CT molecular complexity index is 576. The van der Waals surface area contributed by atoms with Crippen LogP contribution in [0.3, 0.4) is 0 Å². The molecule has 1 atom stereocenters. The Hall–Kier alpha value is -0.960. The number of anilines is 1. The van der Waals surface area contributed by atoms with Crippen LogP contribution in [-0.2, 0) is 0 Å². The van der Waals surface area contributed by atoms with Gasteiger partial charge in [-0.15, -0.1) is 0 Å². The summed E-state index contributed by atoms with van der Waals surface area (Å²) < 4.78 is 13.0. The molecule has 0 fully saturated rings. The van der Waals surface area contributed by atoms with Crippen LogP contribution in [0.4, 0.5) is 10.1 Å². The van der Waals surface area contributed by atoms with Crippen LogP contribution in [0.5, 0.6) is 0 Å². The molecule has 1 N–H and O–H groups in total. The van der Waals surface area contributed by atoms with Crippen molar-refractivity contribution >= 4 is 40.5 Å². The molecule has 0 aromatic heterocycles. The molecule has 2 rings (SSSR count). The molecule has 0 bridgehead atoms. The normalized spacial score (nSPS) is 12.2. The summed E-state index contributed by atoms with van der Waals surface area (Å²) in [5.41, 5.74) is 1.60. The largest absolute Gasteiger partial charge is 0.376 e. The van der Waals surface area contributed by atoms with E-state index in [2.05, 4.69) is 5.32 Å². The Morgan fingerprint density at radius 3 is 2.10 bits per heavy atom. The highest BCUT2D eigenvalue weighted by Gasteiger charge is 2.14. The number of nitrogens with one attached hydrogen (secondary N) is 1. The molecule has 0 spiro atoms. The molecule has 2 aromatic carbocycles. The lowest BCUT2D eigenvalue weighted by molar-refractivity contribution is 0.625. The van der Waals surface area contributed by atoms with E-state index in [1.54, 1.807) is 24.3 Å². The first kappa shape index (κ1) is 15.4. The number of hydrogen-bond acceptors (Lipinski definition) is 1. The second kappa shape index (κ2) is 6.66. The van der Waals surface area contributed by atoms with Gasteiger partial charge in [-0.25, -0.2) is 4.39 Å². The van der Waals surface area contributed by atoms with E-state index in [0.717, 1.165) is 12.0 Å². The summed E-state index contributed by atoms with van der Waals surface area (Å²) in [6.07, 6.45) is 0.806.